The van der Waals surface area contributed by atoms with E-state index in [9.17, 15) is 0 Å². The van der Waals surface area contributed by atoms with Gasteiger partial charge in [-0.15, -0.1) is 0 Å². The molecule has 94 valence electrons. The Morgan fingerprint density at radius 2 is 1.94 bits per heavy atom. The van der Waals surface area contributed by atoms with Crippen LogP contribution in [0.15, 0.2) is 48.5 Å². The van der Waals surface area contributed by atoms with Gasteiger partial charge in [-0.05, 0) is 29.3 Å². The third kappa shape index (κ3) is 2.64. The summed E-state index contributed by atoms with van der Waals surface area (Å²) in [7, 11) is 1.64. The third-order valence-electron chi connectivity index (χ3n) is 2.81. The monoisotopic (exact) mass is 262 g/mol. The van der Waals surface area contributed by atoms with E-state index in [0.717, 1.165) is 16.9 Å². The lowest BCUT2D eigenvalue weighted by Crippen LogP contribution is -2.29. The van der Waals surface area contributed by atoms with Crippen molar-refractivity contribution in [2.75, 3.05) is 7.11 Å². The highest BCUT2D eigenvalue weighted by Gasteiger charge is 2.15. The minimum atomic E-state index is -0.159. The Morgan fingerprint density at radius 1 is 1.17 bits per heavy atom. The molecular weight excluding hydrogens is 248 g/mol. The summed E-state index contributed by atoms with van der Waals surface area (Å²) < 4.78 is 5.21. The van der Waals surface area contributed by atoms with Gasteiger partial charge in [-0.3, -0.25) is 5.84 Å². The Labute approximate surface area is 111 Å². The molecule has 4 heteroatoms. The van der Waals surface area contributed by atoms with Gasteiger partial charge in [0.1, 0.15) is 5.75 Å². The maximum absolute atomic E-state index is 6.19. The van der Waals surface area contributed by atoms with Crippen LogP contribution in [-0.2, 0) is 0 Å². The van der Waals surface area contributed by atoms with Crippen LogP contribution in [0.5, 0.6) is 5.75 Å². The average molecular weight is 263 g/mol. The predicted octanol–water partition coefficient (Wildman–Crippen LogP) is 2.90. The van der Waals surface area contributed by atoms with Crippen LogP contribution in [0.2, 0.25) is 5.02 Å². The molecule has 0 fully saturated rings. The van der Waals surface area contributed by atoms with Crippen molar-refractivity contribution in [3.05, 3.63) is 64.7 Å². The van der Waals surface area contributed by atoms with Crippen molar-refractivity contribution in [2.45, 2.75) is 6.04 Å². The zero-order valence-corrected chi connectivity index (χ0v) is 10.8. The van der Waals surface area contributed by atoms with Crippen LogP contribution in [0.1, 0.15) is 17.2 Å². The molecule has 0 saturated heterocycles. The van der Waals surface area contributed by atoms with E-state index in [4.69, 9.17) is 22.2 Å². The van der Waals surface area contributed by atoms with Crippen molar-refractivity contribution < 1.29 is 4.74 Å². The van der Waals surface area contributed by atoms with Gasteiger partial charge in [0.2, 0.25) is 0 Å². The van der Waals surface area contributed by atoms with E-state index in [-0.39, 0.29) is 6.04 Å². The second-order valence-corrected chi connectivity index (χ2v) is 4.31. The van der Waals surface area contributed by atoms with E-state index in [1.165, 1.54) is 0 Å². The topological polar surface area (TPSA) is 47.3 Å². The molecule has 1 unspecified atom stereocenters. The largest absolute Gasteiger partial charge is 0.497 e. The number of hydrogen-bond acceptors (Lipinski definition) is 3. The standard InChI is InChI=1S/C14H15ClN2O/c1-18-11-6-4-5-10(9-11)14(17-16)12-7-2-3-8-13(12)15/h2-9,14,17H,16H2,1H3. The zero-order chi connectivity index (χ0) is 13.0. The summed E-state index contributed by atoms with van der Waals surface area (Å²) in [6, 6.07) is 15.2. The molecule has 0 aliphatic carbocycles. The summed E-state index contributed by atoms with van der Waals surface area (Å²) in [5.41, 5.74) is 4.73. The normalized spacial score (nSPS) is 12.2. The Balaban J connectivity index is 2.42. The highest BCUT2D eigenvalue weighted by Crippen LogP contribution is 2.29. The smallest absolute Gasteiger partial charge is 0.119 e. The van der Waals surface area contributed by atoms with Gasteiger partial charge in [0.05, 0.1) is 13.2 Å². The number of rotatable bonds is 4. The minimum absolute atomic E-state index is 0.159. The Morgan fingerprint density at radius 3 is 2.61 bits per heavy atom. The van der Waals surface area contributed by atoms with Crippen LogP contribution in [0, 0.1) is 0 Å². The number of nitrogens with two attached hydrogens (primary N) is 1. The fourth-order valence-corrected chi connectivity index (χ4v) is 2.14. The zero-order valence-electron chi connectivity index (χ0n) is 10.1. The van der Waals surface area contributed by atoms with E-state index < -0.39 is 0 Å². The SMILES string of the molecule is COc1cccc(C(NN)c2ccccc2Cl)c1. The van der Waals surface area contributed by atoms with E-state index in [1.54, 1.807) is 7.11 Å². The molecule has 0 heterocycles. The van der Waals surface area contributed by atoms with Crippen molar-refractivity contribution in [2.24, 2.45) is 5.84 Å². The number of nitrogens with one attached hydrogen (secondary N) is 1. The van der Waals surface area contributed by atoms with Crippen LogP contribution < -0.4 is 16.0 Å². The van der Waals surface area contributed by atoms with Gasteiger partial charge in [0.15, 0.2) is 0 Å². The second-order valence-electron chi connectivity index (χ2n) is 3.90. The number of methoxy groups -OCH3 is 1. The molecular formula is C14H15ClN2O. The lowest BCUT2D eigenvalue weighted by molar-refractivity contribution is 0.413. The highest BCUT2D eigenvalue weighted by atomic mass is 35.5. The van der Waals surface area contributed by atoms with Crippen LogP contribution in [0.4, 0.5) is 0 Å². The lowest BCUT2D eigenvalue weighted by atomic mass is 9.99. The van der Waals surface area contributed by atoms with Gasteiger partial charge >= 0.3 is 0 Å². The van der Waals surface area contributed by atoms with Crippen molar-refractivity contribution in [1.82, 2.24) is 5.43 Å². The van der Waals surface area contributed by atoms with Crippen LogP contribution in [0.3, 0.4) is 0 Å². The summed E-state index contributed by atoms with van der Waals surface area (Å²) in [4.78, 5) is 0. The van der Waals surface area contributed by atoms with Gasteiger partial charge in [0.25, 0.3) is 0 Å². The fourth-order valence-electron chi connectivity index (χ4n) is 1.90. The summed E-state index contributed by atoms with van der Waals surface area (Å²) in [6.07, 6.45) is 0. The van der Waals surface area contributed by atoms with E-state index in [0.29, 0.717) is 5.02 Å². The first-order valence-corrected chi connectivity index (χ1v) is 5.98. The van der Waals surface area contributed by atoms with Crippen molar-refractivity contribution >= 4 is 11.6 Å². The Hall–Kier alpha value is -1.55. The molecule has 0 aliphatic heterocycles. The van der Waals surface area contributed by atoms with Gasteiger partial charge in [-0.2, -0.15) is 0 Å². The summed E-state index contributed by atoms with van der Waals surface area (Å²) in [5.74, 6) is 6.44. The fraction of sp³-hybridized carbons (Fsp3) is 0.143. The Kier molecular flexibility index (Phi) is 4.20. The maximum Gasteiger partial charge on any atom is 0.119 e. The molecule has 0 aliphatic rings. The van der Waals surface area contributed by atoms with Crippen molar-refractivity contribution in [3.63, 3.8) is 0 Å². The van der Waals surface area contributed by atoms with Gasteiger partial charge < -0.3 is 4.74 Å². The molecule has 0 radical (unpaired) electrons. The first kappa shape index (κ1) is 12.9. The molecule has 0 amide bonds. The van der Waals surface area contributed by atoms with E-state index >= 15 is 0 Å². The van der Waals surface area contributed by atoms with Crippen LogP contribution in [0.25, 0.3) is 0 Å². The number of hydrazine groups is 1. The number of benzene rings is 2. The predicted molar refractivity (Wildman–Crippen MR) is 73.6 cm³/mol. The maximum atomic E-state index is 6.19. The summed E-state index contributed by atoms with van der Waals surface area (Å²) in [6.45, 7) is 0. The highest BCUT2D eigenvalue weighted by molar-refractivity contribution is 6.31. The molecule has 0 saturated carbocycles. The van der Waals surface area contributed by atoms with E-state index in [1.807, 2.05) is 48.5 Å². The van der Waals surface area contributed by atoms with Crippen molar-refractivity contribution in [1.29, 1.82) is 0 Å². The molecule has 0 spiro atoms. The molecule has 3 N–H and O–H groups in total. The molecule has 1 atom stereocenters. The number of ether oxygens (including phenoxy) is 1. The average Bonchev–Trinajstić information content (AvgIpc) is 2.42. The van der Waals surface area contributed by atoms with Gasteiger partial charge in [0, 0.05) is 5.02 Å². The number of halogens is 1. The van der Waals surface area contributed by atoms with Gasteiger partial charge in [-0.1, -0.05) is 41.9 Å². The van der Waals surface area contributed by atoms with Crippen molar-refractivity contribution in [3.8, 4) is 5.75 Å². The van der Waals surface area contributed by atoms with Crippen LogP contribution >= 0.6 is 11.6 Å². The molecule has 2 rings (SSSR count). The van der Waals surface area contributed by atoms with E-state index in [2.05, 4.69) is 5.43 Å². The Bertz CT molecular complexity index is 531. The molecule has 2 aromatic rings. The first-order valence-electron chi connectivity index (χ1n) is 5.60. The quantitative estimate of drug-likeness (QED) is 0.658. The second kappa shape index (κ2) is 5.87. The molecule has 0 aromatic heterocycles. The van der Waals surface area contributed by atoms with Gasteiger partial charge in [-0.25, -0.2) is 5.43 Å². The number of hydrogen-bond donors (Lipinski definition) is 2. The summed E-state index contributed by atoms with van der Waals surface area (Å²) >= 11 is 6.19. The first-order chi connectivity index (χ1) is 8.76. The minimum Gasteiger partial charge on any atom is -0.497 e. The summed E-state index contributed by atoms with van der Waals surface area (Å²) in [5, 5.41) is 0.684. The third-order valence-corrected chi connectivity index (χ3v) is 3.15. The molecule has 0 bridgehead atoms. The van der Waals surface area contributed by atoms with Crippen LogP contribution in [-0.4, -0.2) is 7.11 Å². The molecule has 3 nitrogen and oxygen atoms in total. The molecule has 2 aromatic carbocycles. The molecule has 18 heavy (non-hydrogen) atoms. The lowest BCUT2D eigenvalue weighted by Gasteiger charge is -2.18.